The molecule has 0 bridgehead atoms. The summed E-state index contributed by atoms with van der Waals surface area (Å²) in [6.45, 7) is 3.89. The molecule has 1 aliphatic rings. The van der Waals surface area contributed by atoms with Crippen molar-refractivity contribution in [2.75, 3.05) is 20.7 Å². The first kappa shape index (κ1) is 19.6. The Morgan fingerprint density at radius 2 is 1.93 bits per heavy atom. The molecule has 2 aromatic rings. The van der Waals surface area contributed by atoms with Gasteiger partial charge in [0.2, 0.25) is 10.0 Å². The van der Waals surface area contributed by atoms with Crippen LogP contribution in [0.15, 0.2) is 23.1 Å². The summed E-state index contributed by atoms with van der Waals surface area (Å²) < 4.78 is 25.8. The van der Waals surface area contributed by atoms with Gasteiger partial charge >= 0.3 is 0 Å². The van der Waals surface area contributed by atoms with Crippen LogP contribution in [0.4, 0.5) is 0 Å². The normalized spacial score (nSPS) is 21.0. The fourth-order valence-electron chi connectivity index (χ4n) is 3.45. The van der Waals surface area contributed by atoms with Gasteiger partial charge in [0, 0.05) is 26.2 Å². The van der Waals surface area contributed by atoms with E-state index >= 15 is 0 Å². The molecule has 1 aliphatic heterocycles. The van der Waals surface area contributed by atoms with Gasteiger partial charge in [-0.3, -0.25) is 4.79 Å². The molecule has 0 unspecified atom stereocenters. The lowest BCUT2D eigenvalue weighted by molar-refractivity contribution is -0.142. The number of hydrogen-bond acceptors (Lipinski definition) is 6. The SMILES string of the molecule is C[C@@H]1CCC[C@H](C)N1C(=O)COn1nnc2ccc(S(=O)(=O)N(C)C)cc21. The average Bonchev–Trinajstić information content (AvgIpc) is 3.02. The van der Waals surface area contributed by atoms with Gasteiger partial charge in [0.15, 0.2) is 6.61 Å². The van der Waals surface area contributed by atoms with Crippen molar-refractivity contribution in [3.05, 3.63) is 18.2 Å². The smallest absolute Gasteiger partial charge is 0.263 e. The van der Waals surface area contributed by atoms with Gasteiger partial charge in [0.05, 0.1) is 4.90 Å². The molecule has 9 nitrogen and oxygen atoms in total. The summed E-state index contributed by atoms with van der Waals surface area (Å²) >= 11 is 0. The molecule has 0 aliphatic carbocycles. The van der Waals surface area contributed by atoms with E-state index in [2.05, 4.69) is 10.3 Å². The topological polar surface area (TPSA) is 97.6 Å². The zero-order valence-corrected chi connectivity index (χ0v) is 16.8. The number of hydrogen-bond donors (Lipinski definition) is 0. The molecule has 27 heavy (non-hydrogen) atoms. The Morgan fingerprint density at radius 3 is 2.56 bits per heavy atom. The van der Waals surface area contributed by atoms with Crippen LogP contribution in [-0.4, -0.2) is 71.5 Å². The van der Waals surface area contributed by atoms with E-state index < -0.39 is 10.0 Å². The zero-order chi connectivity index (χ0) is 19.8. The van der Waals surface area contributed by atoms with Crippen LogP contribution >= 0.6 is 0 Å². The van der Waals surface area contributed by atoms with Gasteiger partial charge in [-0.25, -0.2) is 12.7 Å². The van der Waals surface area contributed by atoms with Crippen molar-refractivity contribution in [3.8, 4) is 0 Å². The van der Waals surface area contributed by atoms with E-state index in [1.807, 2.05) is 18.7 Å². The van der Waals surface area contributed by atoms with Gasteiger partial charge < -0.3 is 9.74 Å². The maximum Gasteiger partial charge on any atom is 0.263 e. The molecule has 1 aromatic carbocycles. The molecular formula is C17H25N5O4S. The number of likely N-dealkylation sites (tertiary alicyclic amines) is 1. The summed E-state index contributed by atoms with van der Waals surface area (Å²) in [6.07, 6.45) is 3.08. The summed E-state index contributed by atoms with van der Waals surface area (Å²) in [7, 11) is -0.665. The zero-order valence-electron chi connectivity index (χ0n) is 16.0. The highest BCUT2D eigenvalue weighted by Gasteiger charge is 2.29. The summed E-state index contributed by atoms with van der Waals surface area (Å²) in [5, 5.41) is 7.85. The third-order valence-corrected chi connectivity index (χ3v) is 6.77. The van der Waals surface area contributed by atoms with Crippen LogP contribution in [0.2, 0.25) is 0 Å². The van der Waals surface area contributed by atoms with Gasteiger partial charge in [-0.1, -0.05) is 4.85 Å². The predicted molar refractivity (Wildman–Crippen MR) is 99.5 cm³/mol. The molecule has 0 saturated carbocycles. The molecule has 2 atom stereocenters. The van der Waals surface area contributed by atoms with Crippen molar-refractivity contribution in [1.82, 2.24) is 24.4 Å². The van der Waals surface area contributed by atoms with E-state index in [1.165, 1.54) is 26.2 Å². The van der Waals surface area contributed by atoms with Crippen molar-refractivity contribution in [2.24, 2.45) is 0 Å². The minimum Gasteiger partial charge on any atom is -0.385 e. The number of aromatic nitrogens is 3. The number of carbonyl (C=O) groups excluding carboxylic acids is 1. The number of nitrogens with zero attached hydrogens (tertiary/aromatic N) is 5. The standard InChI is InChI=1S/C17H25N5O4S/c1-12-6-5-7-13(2)21(12)17(23)11-26-22-16-10-14(27(24,25)20(3)4)8-9-15(16)18-19-22/h8-10,12-13H,5-7,11H2,1-4H3/t12-,13+. The molecule has 10 heteroatoms. The molecule has 1 fully saturated rings. The van der Waals surface area contributed by atoms with Crippen LogP contribution in [-0.2, 0) is 14.8 Å². The first-order valence-corrected chi connectivity index (χ1v) is 10.4. The van der Waals surface area contributed by atoms with Gasteiger partial charge in [-0.05, 0) is 56.5 Å². The van der Waals surface area contributed by atoms with E-state index in [0.717, 1.165) is 28.4 Å². The molecule has 1 aromatic heterocycles. The van der Waals surface area contributed by atoms with Crippen LogP contribution in [0.1, 0.15) is 33.1 Å². The Labute approximate surface area is 158 Å². The second-order valence-corrected chi connectivity index (χ2v) is 9.26. The Hall–Kier alpha value is -2.20. The van der Waals surface area contributed by atoms with Gasteiger partial charge in [-0.15, -0.1) is 5.10 Å². The quantitative estimate of drug-likeness (QED) is 0.746. The second kappa shape index (κ2) is 7.43. The van der Waals surface area contributed by atoms with Crippen molar-refractivity contribution in [3.63, 3.8) is 0 Å². The van der Waals surface area contributed by atoms with Gasteiger partial charge in [0.1, 0.15) is 11.0 Å². The highest BCUT2D eigenvalue weighted by atomic mass is 32.2. The fraction of sp³-hybridized carbons (Fsp3) is 0.588. The maximum atomic E-state index is 12.6. The number of piperidine rings is 1. The molecule has 0 spiro atoms. The molecule has 1 saturated heterocycles. The maximum absolute atomic E-state index is 12.6. The number of benzene rings is 1. The van der Waals surface area contributed by atoms with Crippen LogP contribution in [0, 0.1) is 0 Å². The fourth-order valence-corrected chi connectivity index (χ4v) is 4.37. The molecule has 0 N–H and O–H groups in total. The van der Waals surface area contributed by atoms with E-state index in [9.17, 15) is 13.2 Å². The first-order chi connectivity index (χ1) is 12.7. The highest BCUT2D eigenvalue weighted by Crippen LogP contribution is 2.23. The number of carbonyl (C=O) groups is 1. The van der Waals surface area contributed by atoms with Gasteiger partial charge in [0.25, 0.3) is 5.91 Å². The lowest BCUT2D eigenvalue weighted by Gasteiger charge is -2.38. The molecule has 2 heterocycles. The number of rotatable bonds is 5. The Balaban J connectivity index is 1.80. The number of fused-ring (bicyclic) bond motifs is 1. The molecule has 3 rings (SSSR count). The van der Waals surface area contributed by atoms with Crippen LogP contribution in [0.5, 0.6) is 0 Å². The Morgan fingerprint density at radius 1 is 1.26 bits per heavy atom. The third kappa shape index (κ3) is 3.77. The van der Waals surface area contributed by atoms with Crippen molar-refractivity contribution >= 4 is 27.0 Å². The van der Waals surface area contributed by atoms with Gasteiger partial charge in [-0.2, -0.15) is 0 Å². The molecular weight excluding hydrogens is 370 g/mol. The summed E-state index contributed by atoms with van der Waals surface area (Å²) in [5.41, 5.74) is 0.880. The minimum absolute atomic E-state index is 0.108. The predicted octanol–water partition coefficient (Wildman–Crippen LogP) is 0.900. The summed E-state index contributed by atoms with van der Waals surface area (Å²) in [4.78, 5) is 21.2. The second-order valence-electron chi connectivity index (χ2n) is 7.10. The monoisotopic (exact) mass is 395 g/mol. The highest BCUT2D eigenvalue weighted by molar-refractivity contribution is 7.89. The summed E-state index contributed by atoms with van der Waals surface area (Å²) in [5.74, 6) is -0.115. The summed E-state index contributed by atoms with van der Waals surface area (Å²) in [6, 6.07) is 4.83. The van der Waals surface area contributed by atoms with E-state index in [4.69, 9.17) is 4.84 Å². The van der Waals surface area contributed by atoms with Crippen molar-refractivity contribution < 1.29 is 18.0 Å². The van der Waals surface area contributed by atoms with E-state index in [0.29, 0.717) is 11.0 Å². The lowest BCUT2D eigenvalue weighted by atomic mass is 9.97. The van der Waals surface area contributed by atoms with Crippen LogP contribution < -0.4 is 4.84 Å². The third-order valence-electron chi connectivity index (χ3n) is 4.96. The lowest BCUT2D eigenvalue weighted by Crippen LogP contribution is -2.49. The van der Waals surface area contributed by atoms with E-state index in [-0.39, 0.29) is 29.5 Å². The molecule has 148 valence electrons. The first-order valence-electron chi connectivity index (χ1n) is 8.94. The minimum atomic E-state index is -3.59. The number of amides is 1. The van der Waals surface area contributed by atoms with Crippen molar-refractivity contribution in [2.45, 2.75) is 50.1 Å². The Bertz CT molecular complexity index is 930. The average molecular weight is 395 g/mol. The van der Waals surface area contributed by atoms with Crippen molar-refractivity contribution in [1.29, 1.82) is 0 Å². The largest absolute Gasteiger partial charge is 0.385 e. The van der Waals surface area contributed by atoms with E-state index in [1.54, 1.807) is 6.07 Å². The molecule has 1 amide bonds. The van der Waals surface area contributed by atoms with Crippen LogP contribution in [0.25, 0.3) is 11.0 Å². The Kier molecular flexibility index (Phi) is 5.38. The number of sulfonamides is 1. The molecule has 0 radical (unpaired) electrons. The van der Waals surface area contributed by atoms with Crippen LogP contribution in [0.3, 0.4) is 0 Å².